The number of hydrogen-bond acceptors (Lipinski definition) is 1. The van der Waals surface area contributed by atoms with E-state index >= 15 is 0 Å². The van der Waals surface area contributed by atoms with Gasteiger partial charge in [0, 0.05) is 5.92 Å². The summed E-state index contributed by atoms with van der Waals surface area (Å²) in [5, 5.41) is 9.92. The Balaban J connectivity index is 2.23. The van der Waals surface area contributed by atoms with Crippen LogP contribution in [0.2, 0.25) is 0 Å². The molecule has 0 heterocycles. The van der Waals surface area contributed by atoms with Crippen LogP contribution in [0.4, 0.5) is 0 Å². The maximum atomic E-state index is 9.92. The van der Waals surface area contributed by atoms with E-state index in [0.29, 0.717) is 5.92 Å². The lowest BCUT2D eigenvalue weighted by atomic mass is 9.52. The van der Waals surface area contributed by atoms with Gasteiger partial charge in [0.25, 0.3) is 0 Å². The molecule has 11 heavy (non-hydrogen) atoms. The number of aliphatic hydroxyl groups is 1. The molecule has 1 saturated carbocycles. The minimum Gasteiger partial charge on any atom is -0.385 e. The van der Waals surface area contributed by atoms with Crippen molar-refractivity contribution >= 4 is 0 Å². The average molecular weight is 146 g/mol. The van der Waals surface area contributed by atoms with E-state index < -0.39 is 5.60 Å². The molecule has 0 bridgehead atoms. The summed E-state index contributed by atoms with van der Waals surface area (Å²) >= 11 is 0. The van der Waals surface area contributed by atoms with Gasteiger partial charge in [0.1, 0.15) is 0 Å². The van der Waals surface area contributed by atoms with Gasteiger partial charge in [-0.05, 0) is 24.0 Å². The third kappa shape index (κ3) is 0.457. The zero-order valence-electron chi connectivity index (χ0n) is 6.25. The van der Waals surface area contributed by atoms with Crippen molar-refractivity contribution in [2.24, 2.45) is 0 Å². The summed E-state index contributed by atoms with van der Waals surface area (Å²) < 4.78 is 0. The summed E-state index contributed by atoms with van der Waals surface area (Å²) in [5.41, 5.74) is 2.15. The summed E-state index contributed by atoms with van der Waals surface area (Å²) in [5.74, 6) is 0.471. The molecule has 0 aliphatic heterocycles. The first kappa shape index (κ1) is 5.78. The highest BCUT2D eigenvalue weighted by Crippen LogP contribution is 2.62. The van der Waals surface area contributed by atoms with Gasteiger partial charge in [0.05, 0.1) is 5.60 Å². The van der Waals surface area contributed by atoms with Crippen molar-refractivity contribution in [3.63, 3.8) is 0 Å². The van der Waals surface area contributed by atoms with E-state index in [4.69, 9.17) is 0 Å². The Labute approximate surface area is 65.7 Å². The van der Waals surface area contributed by atoms with Gasteiger partial charge < -0.3 is 5.11 Å². The molecule has 56 valence electrons. The third-order valence-electron chi connectivity index (χ3n) is 3.19. The molecular formula is C10H10O. The van der Waals surface area contributed by atoms with Crippen molar-refractivity contribution in [2.45, 2.75) is 24.4 Å². The van der Waals surface area contributed by atoms with Gasteiger partial charge in [-0.15, -0.1) is 0 Å². The highest BCUT2D eigenvalue weighted by atomic mass is 16.3. The van der Waals surface area contributed by atoms with Crippen molar-refractivity contribution in [3.8, 4) is 0 Å². The fraction of sp³-hybridized carbons (Fsp3) is 0.400. The second-order valence-electron chi connectivity index (χ2n) is 3.60. The molecule has 2 aliphatic rings. The SMILES string of the molecule is OC12CCC1c1ccccc12. The summed E-state index contributed by atoms with van der Waals surface area (Å²) in [6, 6.07) is 8.24. The first-order valence-electron chi connectivity index (χ1n) is 4.14. The molecular weight excluding hydrogens is 136 g/mol. The predicted octanol–water partition coefficient (Wildman–Crippen LogP) is 1.77. The number of fused-ring (bicyclic) bond motifs is 4. The summed E-state index contributed by atoms with van der Waals surface area (Å²) in [6.45, 7) is 0. The van der Waals surface area contributed by atoms with E-state index in [1.807, 2.05) is 12.1 Å². The second kappa shape index (κ2) is 1.51. The minimum atomic E-state index is -0.406. The Bertz CT molecular complexity index is 318. The van der Waals surface area contributed by atoms with Gasteiger partial charge in [-0.25, -0.2) is 0 Å². The highest BCUT2D eigenvalue weighted by Gasteiger charge is 2.56. The molecule has 0 spiro atoms. The van der Waals surface area contributed by atoms with Crippen molar-refractivity contribution in [1.29, 1.82) is 0 Å². The van der Waals surface area contributed by atoms with E-state index in [2.05, 4.69) is 12.1 Å². The maximum Gasteiger partial charge on any atom is 0.0967 e. The quantitative estimate of drug-likeness (QED) is 0.591. The van der Waals surface area contributed by atoms with Crippen LogP contribution in [0.3, 0.4) is 0 Å². The Kier molecular flexibility index (Phi) is 0.793. The fourth-order valence-corrected chi connectivity index (χ4v) is 2.41. The van der Waals surface area contributed by atoms with Crippen LogP contribution in [0.1, 0.15) is 29.9 Å². The Morgan fingerprint density at radius 1 is 1.36 bits per heavy atom. The van der Waals surface area contributed by atoms with Crippen molar-refractivity contribution < 1.29 is 5.11 Å². The highest BCUT2D eigenvalue weighted by molar-refractivity contribution is 5.50. The molecule has 0 amide bonds. The zero-order valence-corrected chi connectivity index (χ0v) is 6.25. The maximum absolute atomic E-state index is 9.92. The lowest BCUT2D eigenvalue weighted by Crippen LogP contribution is -2.51. The van der Waals surface area contributed by atoms with Gasteiger partial charge in [-0.2, -0.15) is 0 Å². The molecule has 2 atom stereocenters. The summed E-state index contributed by atoms with van der Waals surface area (Å²) in [6.07, 6.45) is 2.14. The second-order valence-corrected chi connectivity index (χ2v) is 3.60. The molecule has 0 radical (unpaired) electrons. The smallest absolute Gasteiger partial charge is 0.0967 e. The molecule has 1 aromatic rings. The van der Waals surface area contributed by atoms with Crippen LogP contribution in [-0.2, 0) is 5.60 Å². The fourth-order valence-electron chi connectivity index (χ4n) is 2.41. The lowest BCUT2D eigenvalue weighted by molar-refractivity contribution is -0.0929. The Morgan fingerprint density at radius 3 is 2.82 bits per heavy atom. The molecule has 2 aliphatic carbocycles. The number of benzene rings is 1. The predicted molar refractivity (Wildman–Crippen MR) is 42.3 cm³/mol. The summed E-state index contributed by atoms with van der Waals surface area (Å²) in [4.78, 5) is 0. The third-order valence-corrected chi connectivity index (χ3v) is 3.19. The minimum absolute atomic E-state index is 0.406. The molecule has 1 aromatic carbocycles. The van der Waals surface area contributed by atoms with Gasteiger partial charge in [0.2, 0.25) is 0 Å². The van der Waals surface area contributed by atoms with Crippen LogP contribution in [0.25, 0.3) is 0 Å². The first-order chi connectivity index (χ1) is 5.32. The summed E-state index contributed by atoms with van der Waals surface area (Å²) in [7, 11) is 0. The van der Waals surface area contributed by atoms with Crippen molar-refractivity contribution in [1.82, 2.24) is 0 Å². The average Bonchev–Trinajstić information content (AvgIpc) is 2.03. The van der Waals surface area contributed by atoms with Crippen LogP contribution in [-0.4, -0.2) is 5.11 Å². The monoisotopic (exact) mass is 146 g/mol. The van der Waals surface area contributed by atoms with E-state index in [-0.39, 0.29) is 0 Å². The Morgan fingerprint density at radius 2 is 2.18 bits per heavy atom. The largest absolute Gasteiger partial charge is 0.385 e. The van der Waals surface area contributed by atoms with Crippen molar-refractivity contribution in [3.05, 3.63) is 35.4 Å². The van der Waals surface area contributed by atoms with Gasteiger partial charge in [-0.3, -0.25) is 0 Å². The molecule has 3 rings (SSSR count). The van der Waals surface area contributed by atoms with Crippen LogP contribution in [0, 0.1) is 0 Å². The Hall–Kier alpha value is -0.820. The first-order valence-corrected chi connectivity index (χ1v) is 4.14. The molecule has 0 aromatic heterocycles. The number of hydrogen-bond donors (Lipinski definition) is 1. The van der Waals surface area contributed by atoms with Crippen LogP contribution < -0.4 is 0 Å². The standard InChI is InChI=1S/C10H10O/c11-10-6-5-9(10)7-3-1-2-4-8(7)10/h1-4,9,11H,5-6H2. The van der Waals surface area contributed by atoms with Crippen LogP contribution in [0.15, 0.2) is 24.3 Å². The molecule has 1 N–H and O–H groups in total. The van der Waals surface area contributed by atoms with E-state index in [9.17, 15) is 5.11 Å². The molecule has 1 fully saturated rings. The van der Waals surface area contributed by atoms with Crippen LogP contribution >= 0.6 is 0 Å². The van der Waals surface area contributed by atoms with E-state index in [1.165, 1.54) is 17.5 Å². The van der Waals surface area contributed by atoms with E-state index in [0.717, 1.165) is 6.42 Å². The van der Waals surface area contributed by atoms with Crippen LogP contribution in [0.5, 0.6) is 0 Å². The number of rotatable bonds is 0. The molecule has 0 saturated heterocycles. The zero-order chi connectivity index (χ0) is 7.47. The normalized spacial score (nSPS) is 38.1. The topological polar surface area (TPSA) is 20.2 Å². The lowest BCUT2D eigenvalue weighted by Gasteiger charge is -2.55. The van der Waals surface area contributed by atoms with Gasteiger partial charge in [0.15, 0.2) is 0 Å². The van der Waals surface area contributed by atoms with E-state index in [1.54, 1.807) is 0 Å². The van der Waals surface area contributed by atoms with Gasteiger partial charge >= 0.3 is 0 Å². The molecule has 1 nitrogen and oxygen atoms in total. The molecule has 2 unspecified atom stereocenters. The molecule has 1 heteroatoms. The van der Waals surface area contributed by atoms with Crippen molar-refractivity contribution in [2.75, 3.05) is 0 Å². The van der Waals surface area contributed by atoms with Gasteiger partial charge in [-0.1, -0.05) is 24.3 Å².